The Morgan fingerprint density at radius 2 is 2.55 bits per heavy atom. The molecule has 0 aromatic carbocycles. The molecule has 1 aliphatic rings. The maximum atomic E-state index is 11.1. The van der Waals surface area contributed by atoms with Crippen molar-refractivity contribution in [1.29, 1.82) is 0 Å². The van der Waals surface area contributed by atoms with E-state index in [2.05, 4.69) is 0 Å². The van der Waals surface area contributed by atoms with Crippen molar-refractivity contribution in [3.05, 3.63) is 0 Å². The van der Waals surface area contributed by atoms with Crippen molar-refractivity contribution >= 4 is 23.1 Å². The summed E-state index contributed by atoms with van der Waals surface area (Å²) < 4.78 is 5.11. The predicted molar refractivity (Wildman–Crippen MR) is 46.6 cm³/mol. The molecule has 1 rings (SSSR count). The molecule has 1 fully saturated rings. The Kier molecular flexibility index (Phi) is 3.00. The van der Waals surface area contributed by atoms with Crippen molar-refractivity contribution in [1.82, 2.24) is 0 Å². The zero-order chi connectivity index (χ0) is 8.27. The highest BCUT2D eigenvalue weighted by molar-refractivity contribution is 7.80. The van der Waals surface area contributed by atoms with E-state index >= 15 is 0 Å². The highest BCUT2D eigenvalue weighted by Crippen LogP contribution is 2.23. The van der Waals surface area contributed by atoms with Gasteiger partial charge in [-0.3, -0.25) is 4.79 Å². The van der Waals surface area contributed by atoms with Crippen LogP contribution in [0.1, 0.15) is 26.2 Å². The predicted octanol–water partition coefficient (Wildman–Crippen LogP) is 1.72. The molecule has 0 bridgehead atoms. The van der Waals surface area contributed by atoms with Gasteiger partial charge in [-0.05, 0) is 32.0 Å². The molecule has 1 atom stereocenters. The summed E-state index contributed by atoms with van der Waals surface area (Å²) in [4.78, 5) is 11.1. The van der Waals surface area contributed by atoms with Crippen molar-refractivity contribution in [3.8, 4) is 0 Å². The molecule has 0 aliphatic heterocycles. The quantitative estimate of drug-likeness (QED) is 0.593. The number of carbonyl (C=O) groups is 1. The highest BCUT2D eigenvalue weighted by Gasteiger charge is 2.28. The minimum atomic E-state index is -0.0788. The molecule has 1 unspecified atom stereocenters. The van der Waals surface area contributed by atoms with Gasteiger partial charge in [-0.15, -0.1) is 0 Å². The van der Waals surface area contributed by atoms with Crippen LogP contribution in [0.4, 0.5) is 0 Å². The van der Waals surface area contributed by atoms with E-state index in [1.807, 2.05) is 6.92 Å². The number of ether oxygens (including phenoxy) is 1. The van der Waals surface area contributed by atoms with E-state index in [-0.39, 0.29) is 11.7 Å². The third kappa shape index (κ3) is 1.99. The van der Waals surface area contributed by atoms with Gasteiger partial charge >= 0.3 is 0 Å². The number of Topliss-reactive ketones (excluding diaryl/α,β-unsaturated/α-hetero) is 1. The second-order valence-corrected chi connectivity index (χ2v) is 3.07. The van der Waals surface area contributed by atoms with Crippen molar-refractivity contribution in [2.75, 3.05) is 6.61 Å². The Balaban J connectivity index is 2.46. The number of rotatable bonds is 2. The summed E-state index contributed by atoms with van der Waals surface area (Å²) in [6.07, 6.45) is 2.53. The average Bonchev–Trinajstić information content (AvgIpc) is 2.36. The molecule has 0 heterocycles. The van der Waals surface area contributed by atoms with E-state index in [9.17, 15) is 4.79 Å². The Hall–Kier alpha value is -0.440. The van der Waals surface area contributed by atoms with Crippen LogP contribution in [-0.4, -0.2) is 17.4 Å². The third-order valence-electron chi connectivity index (χ3n) is 1.88. The first kappa shape index (κ1) is 8.65. The van der Waals surface area contributed by atoms with E-state index in [1.165, 1.54) is 0 Å². The number of thiocarbonyl (C=S) groups is 1. The normalized spacial score (nSPS) is 23.7. The van der Waals surface area contributed by atoms with Crippen LogP contribution >= 0.6 is 12.2 Å². The van der Waals surface area contributed by atoms with Gasteiger partial charge in [0.2, 0.25) is 0 Å². The lowest BCUT2D eigenvalue weighted by Crippen LogP contribution is -2.19. The number of ketones is 1. The van der Waals surface area contributed by atoms with Gasteiger partial charge < -0.3 is 4.74 Å². The molecule has 62 valence electrons. The molecule has 3 heteroatoms. The average molecular weight is 172 g/mol. The summed E-state index contributed by atoms with van der Waals surface area (Å²) >= 11 is 4.95. The third-order valence-corrected chi connectivity index (χ3v) is 2.28. The molecule has 0 saturated heterocycles. The fraction of sp³-hybridized carbons (Fsp3) is 0.750. The van der Waals surface area contributed by atoms with Gasteiger partial charge in [-0.2, -0.15) is 0 Å². The van der Waals surface area contributed by atoms with Crippen LogP contribution in [0.15, 0.2) is 0 Å². The minimum Gasteiger partial charge on any atom is -0.487 e. The van der Waals surface area contributed by atoms with Gasteiger partial charge in [0.1, 0.15) is 5.78 Å². The maximum absolute atomic E-state index is 11.1. The van der Waals surface area contributed by atoms with Gasteiger partial charge in [-0.25, -0.2) is 0 Å². The molecule has 0 aromatic rings. The number of carbonyl (C=O) groups excluding carboxylic acids is 1. The Morgan fingerprint density at radius 1 is 1.82 bits per heavy atom. The van der Waals surface area contributed by atoms with Gasteiger partial charge in [0.25, 0.3) is 0 Å². The molecule has 1 saturated carbocycles. The summed E-state index contributed by atoms with van der Waals surface area (Å²) in [6, 6.07) is 0. The summed E-state index contributed by atoms with van der Waals surface area (Å²) in [5.74, 6) is 0.174. The standard InChI is InChI=1S/C8H12O2S/c1-2-10-8(11)6-4-3-5-7(6)9/h6H,2-5H2,1H3. The number of hydrogen-bond donors (Lipinski definition) is 0. The fourth-order valence-electron chi connectivity index (χ4n) is 1.31. The van der Waals surface area contributed by atoms with E-state index in [1.54, 1.807) is 0 Å². The Bertz CT molecular complexity index is 177. The fourth-order valence-corrected chi connectivity index (χ4v) is 1.67. The van der Waals surface area contributed by atoms with Gasteiger partial charge in [-0.1, -0.05) is 0 Å². The zero-order valence-corrected chi connectivity index (χ0v) is 7.45. The first-order valence-electron chi connectivity index (χ1n) is 3.95. The smallest absolute Gasteiger partial charge is 0.170 e. The van der Waals surface area contributed by atoms with Gasteiger partial charge in [0.15, 0.2) is 5.05 Å². The van der Waals surface area contributed by atoms with Crippen LogP contribution in [0.2, 0.25) is 0 Å². The van der Waals surface area contributed by atoms with E-state index < -0.39 is 0 Å². The van der Waals surface area contributed by atoms with Crippen LogP contribution < -0.4 is 0 Å². The number of hydrogen-bond acceptors (Lipinski definition) is 3. The molecule has 0 radical (unpaired) electrons. The largest absolute Gasteiger partial charge is 0.487 e. The topological polar surface area (TPSA) is 26.3 Å². The molecule has 0 amide bonds. The van der Waals surface area contributed by atoms with Crippen LogP contribution in [-0.2, 0) is 9.53 Å². The van der Waals surface area contributed by atoms with Crippen molar-refractivity contribution in [2.24, 2.45) is 5.92 Å². The molecule has 0 N–H and O–H groups in total. The Morgan fingerprint density at radius 3 is 3.00 bits per heavy atom. The highest BCUT2D eigenvalue weighted by atomic mass is 32.1. The molecule has 0 spiro atoms. The maximum Gasteiger partial charge on any atom is 0.170 e. The van der Waals surface area contributed by atoms with Crippen LogP contribution in [0.5, 0.6) is 0 Å². The van der Waals surface area contributed by atoms with Crippen molar-refractivity contribution < 1.29 is 9.53 Å². The Labute approximate surface area is 71.9 Å². The second kappa shape index (κ2) is 3.81. The molecule has 11 heavy (non-hydrogen) atoms. The molecule has 2 nitrogen and oxygen atoms in total. The molecular formula is C8H12O2S. The van der Waals surface area contributed by atoms with Gasteiger partial charge in [0, 0.05) is 6.42 Å². The summed E-state index contributed by atoms with van der Waals surface area (Å²) in [5, 5.41) is 0.495. The monoisotopic (exact) mass is 172 g/mol. The molecule has 1 aliphatic carbocycles. The second-order valence-electron chi connectivity index (χ2n) is 2.66. The van der Waals surface area contributed by atoms with Crippen LogP contribution in [0, 0.1) is 5.92 Å². The lowest BCUT2D eigenvalue weighted by molar-refractivity contribution is -0.119. The zero-order valence-electron chi connectivity index (χ0n) is 6.63. The molecular weight excluding hydrogens is 160 g/mol. The summed E-state index contributed by atoms with van der Waals surface area (Å²) in [7, 11) is 0. The van der Waals surface area contributed by atoms with Crippen LogP contribution in [0.25, 0.3) is 0 Å². The SMILES string of the molecule is CCOC(=S)C1CCCC1=O. The van der Waals surface area contributed by atoms with Crippen molar-refractivity contribution in [2.45, 2.75) is 26.2 Å². The lowest BCUT2D eigenvalue weighted by atomic mass is 10.1. The first-order chi connectivity index (χ1) is 5.25. The van der Waals surface area contributed by atoms with Gasteiger partial charge in [0.05, 0.1) is 12.5 Å². The van der Waals surface area contributed by atoms with Crippen LogP contribution in [0.3, 0.4) is 0 Å². The van der Waals surface area contributed by atoms with E-state index in [0.717, 1.165) is 12.8 Å². The minimum absolute atomic E-state index is 0.0788. The van der Waals surface area contributed by atoms with Crippen molar-refractivity contribution in [3.63, 3.8) is 0 Å². The van der Waals surface area contributed by atoms with E-state index in [0.29, 0.717) is 18.1 Å². The molecule has 0 aromatic heterocycles. The summed E-state index contributed by atoms with van der Waals surface area (Å²) in [6.45, 7) is 2.45. The lowest BCUT2D eigenvalue weighted by Gasteiger charge is -2.09. The summed E-state index contributed by atoms with van der Waals surface area (Å²) in [5.41, 5.74) is 0. The van der Waals surface area contributed by atoms with E-state index in [4.69, 9.17) is 17.0 Å². The first-order valence-corrected chi connectivity index (χ1v) is 4.36.